The van der Waals surface area contributed by atoms with Gasteiger partial charge in [0.1, 0.15) is 25.4 Å². The number of nitrogens with zero attached hydrogens (tertiary/aromatic N) is 2. The number of ether oxygens (including phenoxy) is 1. The van der Waals surface area contributed by atoms with Crippen molar-refractivity contribution < 1.29 is 18.4 Å². The average molecular weight is 413 g/mol. The molecular weight excluding hydrogens is 387 g/mol. The van der Waals surface area contributed by atoms with Gasteiger partial charge in [0, 0.05) is 5.39 Å². The van der Waals surface area contributed by atoms with Gasteiger partial charge in [-0.25, -0.2) is 0 Å². The number of piperazine rings is 3. The lowest BCUT2D eigenvalue weighted by atomic mass is 9.94. The van der Waals surface area contributed by atoms with E-state index in [9.17, 15) is 0 Å². The van der Waals surface area contributed by atoms with Crippen molar-refractivity contribution in [2.75, 3.05) is 38.7 Å². The minimum atomic E-state index is -0.429. The number of fused-ring (bicyclic) bond motifs is 4. The highest BCUT2D eigenvalue weighted by atomic mass is 35.5. The third-order valence-electron chi connectivity index (χ3n) is 6.80. The molecule has 1 unspecified atom stereocenters. The standard InChI is InChI=1S/C24H26ClFN2O/c25-18-27-13-15-28(26,16-14-27)22(17-27)24(20-8-2-1-3-9-20)29-23-12-6-10-19-7-4-5-11-21(19)23/h1-12,22,24H,13-18H2/q+2/t22?,24-,27?,28?/m1/s1. The van der Waals surface area contributed by atoms with Gasteiger partial charge in [0.2, 0.25) is 6.04 Å². The molecular formula is C24H26ClFN2O+2. The van der Waals surface area contributed by atoms with E-state index in [1.807, 2.05) is 54.6 Å². The third kappa shape index (κ3) is 3.29. The van der Waals surface area contributed by atoms with Gasteiger partial charge in [0.05, 0.1) is 0 Å². The summed E-state index contributed by atoms with van der Waals surface area (Å²) >= 11 is 6.36. The summed E-state index contributed by atoms with van der Waals surface area (Å²) in [5.41, 5.74) is 1.02. The van der Waals surface area contributed by atoms with Crippen LogP contribution in [0.15, 0.2) is 72.8 Å². The topological polar surface area (TPSA) is 9.23 Å². The first-order valence-corrected chi connectivity index (χ1v) is 10.8. The molecule has 3 aromatic rings. The van der Waals surface area contributed by atoms with Gasteiger partial charge in [0.25, 0.3) is 0 Å². The highest BCUT2D eigenvalue weighted by Crippen LogP contribution is 2.41. The molecule has 0 aromatic heterocycles. The van der Waals surface area contributed by atoms with E-state index >= 15 is 4.48 Å². The van der Waals surface area contributed by atoms with Crippen LogP contribution in [0.3, 0.4) is 0 Å². The van der Waals surface area contributed by atoms with Gasteiger partial charge in [0.15, 0.2) is 25.2 Å². The van der Waals surface area contributed by atoms with Gasteiger partial charge in [-0.3, -0.25) is 4.48 Å². The molecule has 150 valence electrons. The molecule has 3 aromatic carbocycles. The van der Waals surface area contributed by atoms with Gasteiger partial charge in [-0.2, -0.15) is 0 Å². The van der Waals surface area contributed by atoms with Gasteiger partial charge >= 0.3 is 0 Å². The van der Waals surface area contributed by atoms with E-state index in [0.29, 0.717) is 25.6 Å². The second kappa shape index (κ2) is 7.28. The van der Waals surface area contributed by atoms with Crippen LogP contribution in [-0.2, 0) is 0 Å². The largest absolute Gasteiger partial charge is 0.478 e. The molecule has 0 saturated carbocycles. The molecule has 3 nitrogen and oxygen atoms in total. The summed E-state index contributed by atoms with van der Waals surface area (Å²) in [7, 11) is 0. The van der Waals surface area contributed by atoms with Crippen molar-refractivity contribution >= 4 is 22.4 Å². The number of halogens is 2. The molecule has 0 aliphatic carbocycles. The van der Waals surface area contributed by atoms with E-state index in [4.69, 9.17) is 16.3 Å². The van der Waals surface area contributed by atoms with E-state index in [0.717, 1.165) is 39.7 Å². The fraction of sp³-hybridized carbons (Fsp3) is 0.333. The molecule has 0 amide bonds. The molecule has 5 heteroatoms. The number of hydrogen-bond acceptors (Lipinski definition) is 1. The van der Waals surface area contributed by atoms with E-state index < -0.39 is 4.71 Å². The summed E-state index contributed by atoms with van der Waals surface area (Å²) in [6.45, 7) is 3.29. The predicted molar refractivity (Wildman–Crippen MR) is 114 cm³/mol. The van der Waals surface area contributed by atoms with Crippen LogP contribution in [0.25, 0.3) is 10.8 Å². The van der Waals surface area contributed by atoms with Gasteiger partial charge in [-0.15, -0.1) is 4.71 Å². The maximum absolute atomic E-state index is 16.1. The van der Waals surface area contributed by atoms with Crippen LogP contribution in [0.5, 0.6) is 5.75 Å². The first kappa shape index (κ1) is 18.9. The van der Waals surface area contributed by atoms with Gasteiger partial charge in [-0.05, 0) is 21.5 Å². The van der Waals surface area contributed by atoms with E-state index in [-0.39, 0.29) is 12.1 Å². The van der Waals surface area contributed by atoms with Gasteiger partial charge in [-0.1, -0.05) is 78.3 Å². The Balaban J connectivity index is 1.58. The quantitative estimate of drug-likeness (QED) is 0.246. The smallest absolute Gasteiger partial charge is 0.215 e. The lowest BCUT2D eigenvalue weighted by Gasteiger charge is -2.54. The van der Waals surface area contributed by atoms with Crippen molar-refractivity contribution in [3.8, 4) is 5.75 Å². The van der Waals surface area contributed by atoms with Crippen molar-refractivity contribution in [3.05, 3.63) is 78.4 Å². The molecule has 0 radical (unpaired) electrons. The first-order valence-electron chi connectivity index (χ1n) is 10.3. The van der Waals surface area contributed by atoms with Crippen molar-refractivity contribution in [1.29, 1.82) is 0 Å². The molecule has 2 atom stereocenters. The van der Waals surface area contributed by atoms with Gasteiger partial charge < -0.3 is 4.74 Å². The molecule has 0 N–H and O–H groups in total. The van der Waals surface area contributed by atoms with Crippen LogP contribution in [0.2, 0.25) is 0 Å². The summed E-state index contributed by atoms with van der Waals surface area (Å²) < 4.78 is 23.1. The van der Waals surface area contributed by atoms with E-state index in [1.165, 1.54) is 0 Å². The molecule has 29 heavy (non-hydrogen) atoms. The number of hydrogen-bond donors (Lipinski definition) is 0. The van der Waals surface area contributed by atoms with Crippen LogP contribution in [0.1, 0.15) is 11.7 Å². The summed E-state index contributed by atoms with van der Waals surface area (Å²) in [6.07, 6.45) is -0.367. The minimum absolute atomic E-state index is 0.280. The molecule has 3 fully saturated rings. The number of alkyl halides is 1. The fourth-order valence-corrected chi connectivity index (χ4v) is 5.33. The molecule has 3 heterocycles. The van der Waals surface area contributed by atoms with Crippen molar-refractivity contribution in [1.82, 2.24) is 0 Å². The highest BCUT2D eigenvalue weighted by Gasteiger charge is 2.60. The predicted octanol–water partition coefficient (Wildman–Crippen LogP) is 5.07. The minimum Gasteiger partial charge on any atom is -0.478 e. The normalized spacial score (nSPS) is 29.7. The van der Waals surface area contributed by atoms with Crippen LogP contribution in [0.4, 0.5) is 4.48 Å². The molecule has 3 aliphatic rings. The Morgan fingerprint density at radius 1 is 0.897 bits per heavy atom. The van der Waals surface area contributed by atoms with E-state index in [2.05, 4.69) is 18.2 Å². The Labute approximate surface area is 176 Å². The Morgan fingerprint density at radius 3 is 2.34 bits per heavy atom. The zero-order valence-electron chi connectivity index (χ0n) is 16.4. The monoisotopic (exact) mass is 412 g/mol. The Bertz CT molecular complexity index is 999. The Morgan fingerprint density at radius 2 is 1.59 bits per heavy atom. The van der Waals surface area contributed by atoms with Crippen LogP contribution in [-0.4, -0.2) is 54.0 Å². The lowest BCUT2D eigenvalue weighted by molar-refractivity contribution is -1.16. The molecule has 3 aliphatic heterocycles. The summed E-state index contributed by atoms with van der Waals surface area (Å²) in [5, 5.41) is 2.18. The lowest BCUT2D eigenvalue weighted by Crippen LogP contribution is -2.77. The molecule has 6 rings (SSSR count). The summed E-state index contributed by atoms with van der Waals surface area (Å²) in [4.78, 5) is 0. The first-order chi connectivity index (χ1) is 14.1. The van der Waals surface area contributed by atoms with Crippen LogP contribution >= 0.6 is 11.6 Å². The molecule has 0 spiro atoms. The van der Waals surface area contributed by atoms with Crippen molar-refractivity contribution in [2.45, 2.75) is 12.1 Å². The second-order valence-corrected chi connectivity index (χ2v) is 8.70. The zero-order valence-corrected chi connectivity index (χ0v) is 17.1. The van der Waals surface area contributed by atoms with Crippen molar-refractivity contribution in [3.63, 3.8) is 0 Å². The Hall–Kier alpha value is -2.14. The number of benzene rings is 3. The molecule has 3 saturated heterocycles. The Kier molecular flexibility index (Phi) is 4.73. The maximum atomic E-state index is 16.1. The number of rotatable bonds is 5. The second-order valence-electron chi connectivity index (χ2n) is 8.46. The zero-order chi connectivity index (χ0) is 19.9. The summed E-state index contributed by atoms with van der Waals surface area (Å²) in [5.74, 6) is 0.804. The SMILES string of the molecule is F[N+]12CC[N+](CCl)(CC1)CC2[C@H](Oc1cccc2ccccc12)c1ccccc1. The van der Waals surface area contributed by atoms with Crippen LogP contribution in [0, 0.1) is 0 Å². The van der Waals surface area contributed by atoms with Crippen LogP contribution < -0.4 is 4.74 Å². The van der Waals surface area contributed by atoms with Crippen molar-refractivity contribution in [2.24, 2.45) is 0 Å². The highest BCUT2D eigenvalue weighted by molar-refractivity contribution is 6.17. The molecule has 2 bridgehead atoms. The summed E-state index contributed by atoms with van der Waals surface area (Å²) in [6, 6.07) is 24.6. The number of quaternary nitrogens is 2. The third-order valence-corrected chi connectivity index (χ3v) is 7.30. The fourth-order valence-electron chi connectivity index (χ4n) is 4.99. The average Bonchev–Trinajstić information content (AvgIpc) is 2.79. The van der Waals surface area contributed by atoms with E-state index in [1.54, 1.807) is 0 Å². The maximum Gasteiger partial charge on any atom is 0.215 e.